The summed E-state index contributed by atoms with van der Waals surface area (Å²) in [6.45, 7) is 1.97. The maximum absolute atomic E-state index is 10.7. The van der Waals surface area contributed by atoms with Gasteiger partial charge in [0.2, 0.25) is 0 Å². The van der Waals surface area contributed by atoms with Crippen LogP contribution in [0.5, 0.6) is 0 Å². The van der Waals surface area contributed by atoms with E-state index in [1.54, 1.807) is 6.07 Å². The Kier molecular flexibility index (Phi) is 4.58. The molecule has 0 aromatic heterocycles. The SMILES string of the molecule is Cc1cccc([N+](=O)[O-])c1SCCCO. The smallest absolute Gasteiger partial charge is 0.283 e. The molecule has 5 heteroatoms. The molecule has 0 atom stereocenters. The fourth-order valence-corrected chi connectivity index (χ4v) is 2.27. The molecule has 0 saturated carbocycles. The monoisotopic (exact) mass is 227 g/mol. The van der Waals surface area contributed by atoms with Gasteiger partial charge < -0.3 is 5.11 Å². The molecule has 0 saturated heterocycles. The van der Waals surface area contributed by atoms with Gasteiger partial charge in [0.15, 0.2) is 0 Å². The molecule has 4 nitrogen and oxygen atoms in total. The lowest BCUT2D eigenvalue weighted by molar-refractivity contribution is -0.387. The number of aliphatic hydroxyl groups excluding tert-OH is 1. The predicted octanol–water partition coefficient (Wildman–Crippen LogP) is 2.38. The van der Waals surface area contributed by atoms with Crippen molar-refractivity contribution in [3.05, 3.63) is 33.9 Å². The van der Waals surface area contributed by atoms with E-state index >= 15 is 0 Å². The number of nitrogens with zero attached hydrogens (tertiary/aromatic N) is 1. The van der Waals surface area contributed by atoms with Gasteiger partial charge in [-0.25, -0.2) is 0 Å². The number of thioether (sulfide) groups is 1. The van der Waals surface area contributed by atoms with Crippen LogP contribution in [0.2, 0.25) is 0 Å². The van der Waals surface area contributed by atoms with E-state index < -0.39 is 0 Å². The molecule has 0 amide bonds. The van der Waals surface area contributed by atoms with Crippen LogP contribution >= 0.6 is 11.8 Å². The summed E-state index contributed by atoms with van der Waals surface area (Å²) in [5.41, 5.74) is 1.06. The molecule has 1 N–H and O–H groups in total. The Morgan fingerprint density at radius 3 is 2.87 bits per heavy atom. The Morgan fingerprint density at radius 1 is 1.53 bits per heavy atom. The zero-order valence-electron chi connectivity index (χ0n) is 8.47. The number of benzene rings is 1. The van der Waals surface area contributed by atoms with E-state index in [1.807, 2.05) is 13.0 Å². The highest BCUT2D eigenvalue weighted by atomic mass is 32.2. The molecule has 0 aliphatic carbocycles. The first kappa shape index (κ1) is 12.0. The highest BCUT2D eigenvalue weighted by molar-refractivity contribution is 7.99. The molecule has 82 valence electrons. The maximum atomic E-state index is 10.7. The second-order valence-electron chi connectivity index (χ2n) is 3.11. The molecule has 0 bridgehead atoms. The fraction of sp³-hybridized carbons (Fsp3) is 0.400. The zero-order chi connectivity index (χ0) is 11.3. The largest absolute Gasteiger partial charge is 0.396 e. The first-order valence-electron chi connectivity index (χ1n) is 4.64. The molecule has 1 aromatic carbocycles. The van der Waals surface area contributed by atoms with Crippen molar-refractivity contribution in [3.8, 4) is 0 Å². The molecule has 0 heterocycles. The quantitative estimate of drug-likeness (QED) is 0.363. The summed E-state index contributed by atoms with van der Waals surface area (Å²) >= 11 is 1.42. The third kappa shape index (κ3) is 3.21. The van der Waals surface area contributed by atoms with Gasteiger partial charge in [0.25, 0.3) is 5.69 Å². The van der Waals surface area contributed by atoms with Gasteiger partial charge in [0, 0.05) is 18.4 Å². The van der Waals surface area contributed by atoms with E-state index in [0.29, 0.717) is 17.1 Å². The Bertz CT molecular complexity index is 355. The van der Waals surface area contributed by atoms with Crippen LogP contribution < -0.4 is 0 Å². The van der Waals surface area contributed by atoms with Gasteiger partial charge >= 0.3 is 0 Å². The van der Waals surface area contributed by atoms with Crippen LogP contribution in [0.25, 0.3) is 0 Å². The third-order valence-electron chi connectivity index (χ3n) is 1.94. The molecular formula is C10H13NO3S. The van der Waals surface area contributed by atoms with Crippen molar-refractivity contribution in [1.29, 1.82) is 0 Å². The van der Waals surface area contributed by atoms with Crippen LogP contribution in [-0.2, 0) is 0 Å². The van der Waals surface area contributed by atoms with Crippen molar-refractivity contribution < 1.29 is 10.0 Å². The number of nitro benzene ring substituents is 1. The van der Waals surface area contributed by atoms with Crippen molar-refractivity contribution in [3.63, 3.8) is 0 Å². The molecule has 0 aliphatic heterocycles. The lowest BCUT2D eigenvalue weighted by Crippen LogP contribution is -1.94. The molecule has 0 unspecified atom stereocenters. The van der Waals surface area contributed by atoms with Crippen LogP contribution in [0.1, 0.15) is 12.0 Å². The van der Waals surface area contributed by atoms with E-state index in [-0.39, 0.29) is 17.2 Å². The Labute approximate surface area is 92.5 Å². The molecule has 1 rings (SSSR count). The molecule has 15 heavy (non-hydrogen) atoms. The van der Waals surface area contributed by atoms with Gasteiger partial charge in [0.05, 0.1) is 9.82 Å². The van der Waals surface area contributed by atoms with E-state index in [1.165, 1.54) is 17.8 Å². The highest BCUT2D eigenvalue weighted by Gasteiger charge is 2.15. The van der Waals surface area contributed by atoms with Crippen molar-refractivity contribution in [1.82, 2.24) is 0 Å². The highest BCUT2D eigenvalue weighted by Crippen LogP contribution is 2.32. The van der Waals surface area contributed by atoms with Crippen LogP contribution in [0.15, 0.2) is 23.1 Å². The van der Waals surface area contributed by atoms with Gasteiger partial charge in [-0.3, -0.25) is 10.1 Å². The molecule has 0 aliphatic rings. The number of hydrogen-bond donors (Lipinski definition) is 1. The molecule has 1 aromatic rings. The summed E-state index contributed by atoms with van der Waals surface area (Å²) in [5, 5.41) is 19.4. The Balaban J connectivity index is 2.87. The minimum Gasteiger partial charge on any atom is -0.396 e. The van der Waals surface area contributed by atoms with Crippen LogP contribution in [0, 0.1) is 17.0 Å². The lowest BCUT2D eigenvalue weighted by Gasteiger charge is -2.05. The zero-order valence-corrected chi connectivity index (χ0v) is 9.29. The minimum absolute atomic E-state index is 0.118. The number of aliphatic hydroxyl groups is 1. The van der Waals surface area contributed by atoms with Gasteiger partial charge in [-0.1, -0.05) is 12.1 Å². The summed E-state index contributed by atoms with van der Waals surface area (Å²) < 4.78 is 0. The predicted molar refractivity (Wildman–Crippen MR) is 60.3 cm³/mol. The number of rotatable bonds is 5. The number of nitro groups is 1. The van der Waals surface area contributed by atoms with Crippen molar-refractivity contribution >= 4 is 17.4 Å². The van der Waals surface area contributed by atoms with E-state index in [9.17, 15) is 10.1 Å². The van der Waals surface area contributed by atoms with Gasteiger partial charge in [-0.2, -0.15) is 0 Å². The number of aryl methyl sites for hydroxylation is 1. The first-order valence-corrected chi connectivity index (χ1v) is 5.63. The third-order valence-corrected chi connectivity index (χ3v) is 3.25. The van der Waals surface area contributed by atoms with Crippen LogP contribution in [-0.4, -0.2) is 22.4 Å². The fourth-order valence-electron chi connectivity index (χ4n) is 1.21. The topological polar surface area (TPSA) is 63.4 Å². The average Bonchev–Trinajstić information content (AvgIpc) is 2.20. The summed E-state index contributed by atoms with van der Waals surface area (Å²) in [5.74, 6) is 0.697. The standard InChI is InChI=1S/C10H13NO3S/c1-8-4-2-5-9(11(13)14)10(8)15-7-3-6-12/h2,4-5,12H,3,6-7H2,1H3. The second kappa shape index (κ2) is 5.72. The van der Waals surface area contributed by atoms with Crippen molar-refractivity contribution in [2.75, 3.05) is 12.4 Å². The average molecular weight is 227 g/mol. The summed E-state index contributed by atoms with van der Waals surface area (Å²) in [6.07, 6.45) is 0.649. The summed E-state index contributed by atoms with van der Waals surface area (Å²) in [6, 6.07) is 5.05. The van der Waals surface area contributed by atoms with Crippen LogP contribution in [0.3, 0.4) is 0 Å². The summed E-state index contributed by atoms with van der Waals surface area (Å²) in [7, 11) is 0. The van der Waals surface area contributed by atoms with E-state index in [4.69, 9.17) is 5.11 Å². The molecule has 0 fully saturated rings. The Hall–Kier alpha value is -1.07. The second-order valence-corrected chi connectivity index (χ2v) is 4.21. The van der Waals surface area contributed by atoms with Crippen LogP contribution in [0.4, 0.5) is 5.69 Å². The minimum atomic E-state index is -0.367. The van der Waals surface area contributed by atoms with Crippen molar-refractivity contribution in [2.45, 2.75) is 18.2 Å². The first-order chi connectivity index (χ1) is 7.16. The number of hydrogen-bond acceptors (Lipinski definition) is 4. The summed E-state index contributed by atoms with van der Waals surface area (Å²) in [4.78, 5) is 11.1. The van der Waals surface area contributed by atoms with E-state index in [2.05, 4.69) is 0 Å². The normalized spacial score (nSPS) is 10.3. The maximum Gasteiger partial charge on any atom is 0.283 e. The van der Waals surface area contributed by atoms with Gasteiger partial charge in [-0.15, -0.1) is 11.8 Å². The van der Waals surface area contributed by atoms with Crippen molar-refractivity contribution in [2.24, 2.45) is 0 Å². The molecular weight excluding hydrogens is 214 g/mol. The van der Waals surface area contributed by atoms with Gasteiger partial charge in [-0.05, 0) is 18.9 Å². The van der Waals surface area contributed by atoms with Gasteiger partial charge in [0.1, 0.15) is 0 Å². The Morgan fingerprint density at radius 2 is 2.27 bits per heavy atom. The van der Waals surface area contributed by atoms with E-state index in [0.717, 1.165) is 5.56 Å². The molecule has 0 radical (unpaired) electrons. The lowest BCUT2D eigenvalue weighted by atomic mass is 10.2. The molecule has 0 spiro atoms.